The molecule has 6 heteroatoms. The van der Waals surface area contributed by atoms with Gasteiger partial charge in [-0.2, -0.15) is 0 Å². The number of anilines is 1. The molecule has 0 fully saturated rings. The van der Waals surface area contributed by atoms with E-state index >= 15 is 0 Å². The zero-order valence-corrected chi connectivity index (χ0v) is 11.9. The zero-order chi connectivity index (χ0) is 14.7. The van der Waals surface area contributed by atoms with Gasteiger partial charge < -0.3 is 10.3 Å². The molecule has 0 saturated heterocycles. The van der Waals surface area contributed by atoms with Crippen molar-refractivity contribution in [2.45, 2.75) is 33.7 Å². The number of rotatable bonds is 4. The Kier molecular flexibility index (Phi) is 4.02. The summed E-state index contributed by atoms with van der Waals surface area (Å²) >= 11 is 0. The van der Waals surface area contributed by atoms with Crippen LogP contribution < -0.4 is 11.0 Å². The minimum atomic E-state index is -0.179. The van der Waals surface area contributed by atoms with Crippen molar-refractivity contribution in [3.63, 3.8) is 0 Å². The van der Waals surface area contributed by atoms with Gasteiger partial charge in [-0.3, -0.25) is 9.36 Å². The van der Waals surface area contributed by atoms with Gasteiger partial charge in [0, 0.05) is 30.0 Å². The third-order valence-corrected chi connectivity index (χ3v) is 3.21. The van der Waals surface area contributed by atoms with E-state index in [9.17, 15) is 9.59 Å². The fraction of sp³-hybridized carbons (Fsp3) is 0.357. The highest BCUT2D eigenvalue weighted by Gasteiger charge is 2.09. The molecule has 0 aliphatic carbocycles. The average molecular weight is 274 g/mol. The van der Waals surface area contributed by atoms with Crippen molar-refractivity contribution in [3.05, 3.63) is 45.8 Å². The first-order valence-electron chi connectivity index (χ1n) is 6.47. The Hall–Kier alpha value is -2.37. The van der Waals surface area contributed by atoms with Gasteiger partial charge in [-0.05, 0) is 32.9 Å². The normalized spacial score (nSPS) is 10.6. The molecule has 2 rings (SSSR count). The summed E-state index contributed by atoms with van der Waals surface area (Å²) in [5, 5.41) is 2.72. The number of aromatic nitrogens is 3. The maximum Gasteiger partial charge on any atom is 0.325 e. The van der Waals surface area contributed by atoms with Gasteiger partial charge in [-0.25, -0.2) is 9.78 Å². The number of hydrogen-bond donors (Lipinski definition) is 2. The summed E-state index contributed by atoms with van der Waals surface area (Å²) in [7, 11) is 0. The summed E-state index contributed by atoms with van der Waals surface area (Å²) < 4.78 is 1.57. The molecular formula is C14H18N4O2. The second-order valence-electron chi connectivity index (χ2n) is 4.75. The highest BCUT2D eigenvalue weighted by atomic mass is 16.2. The van der Waals surface area contributed by atoms with Gasteiger partial charge in [0.1, 0.15) is 5.82 Å². The van der Waals surface area contributed by atoms with Gasteiger partial charge in [-0.15, -0.1) is 0 Å². The first-order chi connectivity index (χ1) is 9.47. The zero-order valence-electron chi connectivity index (χ0n) is 11.9. The summed E-state index contributed by atoms with van der Waals surface area (Å²) in [5.74, 6) is 0.373. The van der Waals surface area contributed by atoms with Crippen LogP contribution in [0.4, 0.5) is 5.82 Å². The number of H-pyrrole nitrogens is 1. The lowest BCUT2D eigenvalue weighted by atomic mass is 10.3. The van der Waals surface area contributed by atoms with Crippen molar-refractivity contribution in [2.75, 3.05) is 5.32 Å². The molecule has 2 heterocycles. The largest absolute Gasteiger partial charge is 0.325 e. The molecule has 0 atom stereocenters. The number of hydrogen-bond acceptors (Lipinski definition) is 3. The monoisotopic (exact) mass is 274 g/mol. The number of carbonyl (C=O) groups excluding carboxylic acids is 1. The predicted molar refractivity (Wildman–Crippen MR) is 76.7 cm³/mol. The van der Waals surface area contributed by atoms with Crippen molar-refractivity contribution in [2.24, 2.45) is 0 Å². The Balaban J connectivity index is 1.97. The molecule has 0 aliphatic heterocycles. The van der Waals surface area contributed by atoms with Gasteiger partial charge in [-0.1, -0.05) is 6.07 Å². The highest BCUT2D eigenvalue weighted by molar-refractivity contribution is 5.89. The number of imidazole rings is 1. The van der Waals surface area contributed by atoms with E-state index < -0.39 is 0 Å². The van der Waals surface area contributed by atoms with E-state index in [-0.39, 0.29) is 18.0 Å². The molecular weight excluding hydrogens is 256 g/mol. The molecule has 0 saturated carbocycles. The first kappa shape index (κ1) is 14.0. The van der Waals surface area contributed by atoms with Gasteiger partial charge in [0.2, 0.25) is 5.91 Å². The SMILES string of the molecule is Cc1cccc(NC(=O)CCn2c(C)c(C)[nH]c2=O)n1. The van der Waals surface area contributed by atoms with Crippen LogP contribution in [0.2, 0.25) is 0 Å². The number of amides is 1. The third kappa shape index (κ3) is 3.14. The van der Waals surface area contributed by atoms with E-state index in [1.807, 2.05) is 32.9 Å². The van der Waals surface area contributed by atoms with Crippen LogP contribution >= 0.6 is 0 Å². The summed E-state index contributed by atoms with van der Waals surface area (Å²) in [6.45, 7) is 5.91. The lowest BCUT2D eigenvalue weighted by Gasteiger charge is -2.06. The number of aromatic amines is 1. The molecule has 20 heavy (non-hydrogen) atoms. The Labute approximate surface area is 116 Å². The van der Waals surface area contributed by atoms with Crippen molar-refractivity contribution >= 4 is 11.7 Å². The molecule has 2 N–H and O–H groups in total. The molecule has 0 unspecified atom stereocenters. The molecule has 2 aromatic rings. The summed E-state index contributed by atoms with van der Waals surface area (Å²) in [6, 6.07) is 5.44. The Morgan fingerprint density at radius 3 is 2.70 bits per heavy atom. The minimum Gasteiger partial charge on any atom is -0.311 e. The molecule has 106 valence electrons. The van der Waals surface area contributed by atoms with Crippen LogP contribution in [-0.2, 0) is 11.3 Å². The van der Waals surface area contributed by atoms with E-state index in [0.717, 1.165) is 17.1 Å². The van der Waals surface area contributed by atoms with Crippen LogP contribution in [0.1, 0.15) is 23.5 Å². The van der Waals surface area contributed by atoms with Crippen molar-refractivity contribution in [1.82, 2.24) is 14.5 Å². The van der Waals surface area contributed by atoms with Crippen LogP contribution in [0.25, 0.3) is 0 Å². The number of carbonyl (C=O) groups is 1. The van der Waals surface area contributed by atoms with Gasteiger partial charge in [0.25, 0.3) is 0 Å². The second-order valence-corrected chi connectivity index (χ2v) is 4.75. The molecule has 1 amide bonds. The van der Waals surface area contributed by atoms with Crippen LogP contribution in [-0.4, -0.2) is 20.4 Å². The molecule has 0 radical (unpaired) electrons. The fourth-order valence-electron chi connectivity index (χ4n) is 1.97. The summed E-state index contributed by atoms with van der Waals surface area (Å²) in [5.41, 5.74) is 2.35. The van der Waals surface area contributed by atoms with Gasteiger partial charge in [0.05, 0.1) is 0 Å². The van der Waals surface area contributed by atoms with Gasteiger partial charge in [0.15, 0.2) is 0 Å². The summed E-state index contributed by atoms with van der Waals surface area (Å²) in [6.07, 6.45) is 0.230. The molecule has 0 spiro atoms. The van der Waals surface area contributed by atoms with Crippen molar-refractivity contribution in [3.8, 4) is 0 Å². The fourth-order valence-corrected chi connectivity index (χ4v) is 1.97. The van der Waals surface area contributed by atoms with E-state index in [4.69, 9.17) is 0 Å². The minimum absolute atomic E-state index is 0.159. The average Bonchev–Trinajstić information content (AvgIpc) is 2.61. The van der Waals surface area contributed by atoms with Crippen LogP contribution in [0.15, 0.2) is 23.0 Å². The first-order valence-corrected chi connectivity index (χ1v) is 6.47. The summed E-state index contributed by atoms with van der Waals surface area (Å²) in [4.78, 5) is 30.4. The number of nitrogens with one attached hydrogen (secondary N) is 2. The smallest absolute Gasteiger partial charge is 0.311 e. The lowest BCUT2D eigenvalue weighted by molar-refractivity contribution is -0.116. The third-order valence-electron chi connectivity index (χ3n) is 3.21. The van der Waals surface area contributed by atoms with E-state index in [2.05, 4.69) is 15.3 Å². The Morgan fingerprint density at radius 2 is 2.10 bits per heavy atom. The molecule has 0 aliphatic rings. The molecule has 0 aromatic carbocycles. The molecule has 6 nitrogen and oxygen atoms in total. The van der Waals surface area contributed by atoms with Crippen LogP contribution in [0.3, 0.4) is 0 Å². The van der Waals surface area contributed by atoms with Crippen LogP contribution in [0.5, 0.6) is 0 Å². The number of nitrogens with zero attached hydrogens (tertiary/aromatic N) is 2. The predicted octanol–water partition coefficient (Wildman–Crippen LogP) is 1.53. The standard InChI is InChI=1S/C14H18N4O2/c1-9-5-4-6-12(15-9)17-13(19)7-8-18-11(3)10(2)16-14(18)20/h4-6H,7-8H2,1-3H3,(H,16,20)(H,15,17,19). The topological polar surface area (TPSA) is 79.8 Å². The van der Waals surface area contributed by atoms with Gasteiger partial charge >= 0.3 is 5.69 Å². The van der Waals surface area contributed by atoms with E-state index in [1.54, 1.807) is 10.6 Å². The number of aryl methyl sites for hydroxylation is 2. The Bertz CT molecular complexity index is 685. The van der Waals surface area contributed by atoms with Crippen molar-refractivity contribution in [1.29, 1.82) is 0 Å². The molecule has 2 aromatic heterocycles. The second kappa shape index (κ2) is 5.73. The Morgan fingerprint density at radius 1 is 1.35 bits per heavy atom. The van der Waals surface area contributed by atoms with Crippen LogP contribution in [0, 0.1) is 20.8 Å². The lowest BCUT2D eigenvalue weighted by Crippen LogP contribution is -2.22. The number of pyridine rings is 1. The maximum absolute atomic E-state index is 11.8. The van der Waals surface area contributed by atoms with Crippen molar-refractivity contribution < 1.29 is 4.79 Å². The maximum atomic E-state index is 11.8. The van der Waals surface area contributed by atoms with E-state index in [0.29, 0.717) is 12.4 Å². The van der Waals surface area contributed by atoms with E-state index in [1.165, 1.54) is 0 Å². The quantitative estimate of drug-likeness (QED) is 0.887. The highest BCUT2D eigenvalue weighted by Crippen LogP contribution is 2.05. The molecule has 0 bridgehead atoms.